The fourth-order valence-corrected chi connectivity index (χ4v) is 3.89. The summed E-state index contributed by atoms with van der Waals surface area (Å²) in [7, 11) is 1.67. The summed E-state index contributed by atoms with van der Waals surface area (Å²) in [6.07, 6.45) is 5.66. The van der Waals surface area contributed by atoms with Crippen LogP contribution < -0.4 is 10.6 Å². The van der Waals surface area contributed by atoms with Crippen LogP contribution in [0.4, 0.5) is 5.69 Å². The molecule has 1 aliphatic carbocycles. The molecule has 31 heavy (non-hydrogen) atoms. The molecule has 0 unspecified atom stereocenters. The van der Waals surface area contributed by atoms with E-state index in [9.17, 15) is 4.79 Å². The number of carbonyl (C=O) groups is 1. The average molecular weight is 420 g/mol. The van der Waals surface area contributed by atoms with E-state index >= 15 is 0 Å². The Morgan fingerprint density at radius 3 is 2.61 bits per heavy atom. The van der Waals surface area contributed by atoms with Crippen molar-refractivity contribution >= 4 is 11.6 Å². The molecule has 2 N–H and O–H groups in total. The second kappa shape index (κ2) is 9.89. The predicted molar refractivity (Wildman–Crippen MR) is 126 cm³/mol. The zero-order chi connectivity index (χ0) is 22.4. The van der Waals surface area contributed by atoms with Crippen LogP contribution in [-0.4, -0.2) is 17.6 Å². The second-order valence-corrected chi connectivity index (χ2v) is 8.34. The van der Waals surface area contributed by atoms with E-state index in [4.69, 9.17) is 4.74 Å². The molecule has 0 bridgehead atoms. The number of aromatic nitrogens is 1. The lowest BCUT2D eigenvalue weighted by Crippen LogP contribution is -2.18. The Bertz CT molecular complexity index is 1000. The zero-order valence-corrected chi connectivity index (χ0v) is 19.1. The van der Waals surface area contributed by atoms with Gasteiger partial charge in [0.25, 0.3) is 5.91 Å². The molecule has 1 aromatic heterocycles. The molecule has 0 aliphatic heterocycles. The summed E-state index contributed by atoms with van der Waals surface area (Å²) in [4.78, 5) is 13.5. The van der Waals surface area contributed by atoms with Gasteiger partial charge in [0, 0.05) is 42.6 Å². The van der Waals surface area contributed by atoms with Crippen LogP contribution in [0.25, 0.3) is 0 Å². The van der Waals surface area contributed by atoms with Crippen LogP contribution in [0.15, 0.2) is 37.0 Å². The Labute approximate surface area is 185 Å². The normalized spacial score (nSPS) is 13.8. The first-order valence-electron chi connectivity index (χ1n) is 10.9. The fraction of sp³-hybridized carbons (Fsp3) is 0.423. The third kappa shape index (κ3) is 5.03. The quantitative estimate of drug-likeness (QED) is 0.557. The third-order valence-electron chi connectivity index (χ3n) is 5.80. The van der Waals surface area contributed by atoms with Crippen molar-refractivity contribution in [3.8, 4) is 11.8 Å². The number of nitrogens with one attached hydrogen (secondary N) is 2. The molecule has 5 heteroatoms. The molecule has 3 rings (SSSR count). The van der Waals surface area contributed by atoms with E-state index < -0.39 is 0 Å². The molecule has 164 valence electrons. The highest BCUT2D eigenvalue weighted by Gasteiger charge is 2.43. The molecule has 1 saturated carbocycles. The van der Waals surface area contributed by atoms with Crippen LogP contribution in [0, 0.1) is 18.8 Å². The molecule has 1 fully saturated rings. The Morgan fingerprint density at radius 2 is 2.03 bits per heavy atom. The molecule has 2 aromatic rings. The number of benzene rings is 1. The van der Waals surface area contributed by atoms with E-state index in [1.165, 1.54) is 0 Å². The van der Waals surface area contributed by atoms with Gasteiger partial charge in [0.1, 0.15) is 5.69 Å². The Balaban J connectivity index is 2.04. The topological polar surface area (TPSA) is 55.3 Å². The van der Waals surface area contributed by atoms with Gasteiger partial charge >= 0.3 is 0 Å². The number of unbranched alkanes of at least 4 members (excludes halogenated alkanes) is 1. The number of amides is 1. The second-order valence-electron chi connectivity index (χ2n) is 8.34. The molecular weight excluding hydrogens is 386 g/mol. The lowest BCUT2D eigenvalue weighted by molar-refractivity contribution is 0.102. The number of methoxy groups -OCH3 is 1. The van der Waals surface area contributed by atoms with Crippen molar-refractivity contribution in [3.05, 3.63) is 65.1 Å². The van der Waals surface area contributed by atoms with Crippen LogP contribution in [0.5, 0.6) is 0 Å². The van der Waals surface area contributed by atoms with Crippen molar-refractivity contribution in [2.24, 2.45) is 0 Å². The van der Waals surface area contributed by atoms with Gasteiger partial charge in [-0.3, -0.25) is 4.79 Å². The molecule has 1 aromatic carbocycles. The molecule has 0 atom stereocenters. The van der Waals surface area contributed by atoms with Crippen molar-refractivity contribution in [2.75, 3.05) is 12.4 Å². The summed E-state index contributed by atoms with van der Waals surface area (Å²) in [6.45, 7) is 11.3. The van der Waals surface area contributed by atoms with Gasteiger partial charge in [-0.2, -0.15) is 0 Å². The highest BCUT2D eigenvalue weighted by molar-refractivity contribution is 6.07. The van der Waals surface area contributed by atoms with E-state index in [-0.39, 0.29) is 11.4 Å². The number of nitrogens with zero attached hydrogens (tertiary/aromatic N) is 1. The largest absolute Gasteiger partial charge is 0.387 e. The average Bonchev–Trinajstić information content (AvgIpc) is 3.42. The minimum atomic E-state index is -0.132. The number of anilines is 1. The lowest BCUT2D eigenvalue weighted by Gasteiger charge is -2.16. The van der Waals surface area contributed by atoms with Gasteiger partial charge < -0.3 is 19.9 Å². The maximum absolute atomic E-state index is 13.5. The first kappa shape index (κ1) is 22.7. The molecule has 0 spiro atoms. The molecule has 1 amide bonds. The Morgan fingerprint density at radius 1 is 1.32 bits per heavy atom. The summed E-state index contributed by atoms with van der Waals surface area (Å²) < 4.78 is 7.45. The van der Waals surface area contributed by atoms with Crippen LogP contribution in [0.1, 0.15) is 72.4 Å². The molecule has 0 radical (unpaired) electrons. The molecular formula is C26H33N3O2. The number of rotatable bonds is 9. The summed E-state index contributed by atoms with van der Waals surface area (Å²) >= 11 is 0. The standard InChI is InChI=1S/C26H33N3O2/c1-6-8-9-10-23-24(25(30)28-21-13-11-20(12-14-21)18-31-5)22(17-27-7-2)19(3)29(23)26(4)15-16-26/h7,11-14,27H,2,6,8,15-18H2,1,3-5H3,(H,28,30). The van der Waals surface area contributed by atoms with Crippen LogP contribution in [0.2, 0.25) is 0 Å². The molecule has 1 heterocycles. The number of hydrogen-bond acceptors (Lipinski definition) is 3. The van der Waals surface area contributed by atoms with Crippen LogP contribution in [0.3, 0.4) is 0 Å². The lowest BCUT2D eigenvalue weighted by atomic mass is 10.1. The SMILES string of the molecule is C=CNCc1c(C(=O)Nc2ccc(COC)cc2)c(C#CCCC)n(C2(C)CC2)c1C. The van der Waals surface area contributed by atoms with E-state index in [1.807, 2.05) is 24.3 Å². The van der Waals surface area contributed by atoms with Crippen molar-refractivity contribution in [3.63, 3.8) is 0 Å². The summed E-state index contributed by atoms with van der Waals surface area (Å²) in [5, 5.41) is 6.25. The van der Waals surface area contributed by atoms with E-state index in [1.54, 1.807) is 13.3 Å². The summed E-state index contributed by atoms with van der Waals surface area (Å²) in [6, 6.07) is 7.73. The first-order valence-corrected chi connectivity index (χ1v) is 10.9. The highest BCUT2D eigenvalue weighted by atomic mass is 16.5. The van der Waals surface area contributed by atoms with Crippen LogP contribution >= 0.6 is 0 Å². The van der Waals surface area contributed by atoms with Gasteiger partial charge in [-0.25, -0.2) is 0 Å². The van der Waals surface area contributed by atoms with Crippen molar-refractivity contribution in [2.45, 2.75) is 65.1 Å². The van der Waals surface area contributed by atoms with E-state index in [0.717, 1.165) is 53.9 Å². The fourth-order valence-electron chi connectivity index (χ4n) is 3.89. The maximum Gasteiger partial charge on any atom is 0.258 e. The minimum Gasteiger partial charge on any atom is -0.387 e. The minimum absolute atomic E-state index is 0.0313. The molecule has 1 aliphatic rings. The molecule has 0 saturated heterocycles. The Kier molecular flexibility index (Phi) is 7.25. The number of ether oxygens (including phenoxy) is 1. The maximum atomic E-state index is 13.5. The smallest absolute Gasteiger partial charge is 0.258 e. The number of hydrogen-bond donors (Lipinski definition) is 2. The predicted octanol–water partition coefficient (Wildman–Crippen LogP) is 5.09. The summed E-state index contributed by atoms with van der Waals surface area (Å²) in [5.41, 5.74) is 5.39. The first-order chi connectivity index (χ1) is 14.9. The number of carbonyl (C=O) groups excluding carboxylic acids is 1. The van der Waals surface area contributed by atoms with Gasteiger partial charge in [0.05, 0.1) is 12.2 Å². The van der Waals surface area contributed by atoms with Crippen LogP contribution in [-0.2, 0) is 23.4 Å². The summed E-state index contributed by atoms with van der Waals surface area (Å²) in [5.74, 6) is 6.47. The zero-order valence-electron chi connectivity index (χ0n) is 19.1. The van der Waals surface area contributed by atoms with Gasteiger partial charge in [-0.05, 0) is 62.9 Å². The monoisotopic (exact) mass is 419 g/mol. The van der Waals surface area contributed by atoms with Gasteiger partial charge in [-0.15, -0.1) is 0 Å². The van der Waals surface area contributed by atoms with E-state index in [2.05, 4.69) is 54.4 Å². The van der Waals surface area contributed by atoms with Crippen molar-refractivity contribution in [1.82, 2.24) is 9.88 Å². The highest BCUT2D eigenvalue weighted by Crippen LogP contribution is 2.46. The van der Waals surface area contributed by atoms with Gasteiger partial charge in [0.15, 0.2) is 0 Å². The molecule has 5 nitrogen and oxygen atoms in total. The van der Waals surface area contributed by atoms with E-state index in [0.29, 0.717) is 18.7 Å². The van der Waals surface area contributed by atoms with Gasteiger partial charge in [0.2, 0.25) is 0 Å². The Hall–Kier alpha value is -2.97. The third-order valence-corrected chi connectivity index (χ3v) is 5.80. The van der Waals surface area contributed by atoms with Gasteiger partial charge in [-0.1, -0.05) is 31.6 Å². The van der Waals surface area contributed by atoms with Crippen molar-refractivity contribution < 1.29 is 9.53 Å². The van der Waals surface area contributed by atoms with Crippen molar-refractivity contribution in [1.29, 1.82) is 0 Å².